The van der Waals surface area contributed by atoms with Crippen molar-refractivity contribution >= 4 is 61.7 Å². The molecule has 1 heterocycles. The molecule has 0 aliphatic rings. The number of alkyl halides is 1. The number of benzene rings is 1. The van der Waals surface area contributed by atoms with Crippen LogP contribution in [0.4, 0.5) is 0 Å². The molecule has 2 rings (SSSR count). The van der Waals surface area contributed by atoms with Crippen LogP contribution in [0.2, 0.25) is 0 Å². The van der Waals surface area contributed by atoms with Gasteiger partial charge < -0.3 is 0 Å². The number of hydrogen-bond acceptors (Lipinski definition) is 3. The van der Waals surface area contributed by atoms with Gasteiger partial charge in [-0.3, -0.25) is 0 Å². The number of thioether (sulfide) groups is 1. The Morgan fingerprint density at radius 2 is 2.36 bits per heavy atom. The smallest absolute Gasteiger partial charge is 0.0395 e. The van der Waals surface area contributed by atoms with Gasteiger partial charge in [0.05, 0.1) is 0 Å². The van der Waals surface area contributed by atoms with Gasteiger partial charge in [-0.15, -0.1) is 35.7 Å². The highest BCUT2D eigenvalue weighted by Crippen LogP contribution is 2.38. The summed E-state index contributed by atoms with van der Waals surface area (Å²) in [7, 11) is 0. The Labute approximate surface area is 106 Å². The fourth-order valence-electron chi connectivity index (χ4n) is 1.48. The van der Waals surface area contributed by atoms with E-state index in [2.05, 4.69) is 52.3 Å². The van der Waals surface area contributed by atoms with Crippen molar-refractivity contribution < 1.29 is 0 Å². The molecular formula is C10H9BrS3. The lowest BCUT2D eigenvalue weighted by molar-refractivity contribution is 1.28. The van der Waals surface area contributed by atoms with Crippen molar-refractivity contribution in [3.8, 4) is 0 Å². The summed E-state index contributed by atoms with van der Waals surface area (Å²) in [5.74, 6) is 0. The first-order valence-corrected chi connectivity index (χ1v) is 7.77. The minimum Gasteiger partial charge on any atom is -0.143 e. The summed E-state index contributed by atoms with van der Waals surface area (Å²) in [5.41, 5.74) is 1.33. The molecule has 0 nitrogen and oxygen atoms in total. The van der Waals surface area contributed by atoms with Gasteiger partial charge in [0.15, 0.2) is 0 Å². The van der Waals surface area contributed by atoms with Crippen LogP contribution in [0, 0.1) is 0 Å². The average Bonchev–Trinajstić information content (AvgIpc) is 2.65. The van der Waals surface area contributed by atoms with E-state index in [1.165, 1.54) is 20.5 Å². The second-order valence-electron chi connectivity index (χ2n) is 2.89. The molecule has 0 saturated carbocycles. The molecule has 2 aromatic rings. The lowest BCUT2D eigenvalue weighted by Crippen LogP contribution is -1.82. The largest absolute Gasteiger partial charge is 0.143 e. The van der Waals surface area contributed by atoms with E-state index in [1.807, 2.05) is 0 Å². The summed E-state index contributed by atoms with van der Waals surface area (Å²) >= 11 is 11.6. The number of halogens is 1. The normalized spacial score (nSPS) is 11.1. The summed E-state index contributed by atoms with van der Waals surface area (Å²) in [4.78, 5) is 2.37. The monoisotopic (exact) mass is 304 g/mol. The summed E-state index contributed by atoms with van der Waals surface area (Å²) < 4.78 is 1.38. The fourth-order valence-corrected chi connectivity index (χ4v) is 4.31. The lowest BCUT2D eigenvalue weighted by Gasteiger charge is -2.07. The first kappa shape index (κ1) is 10.9. The van der Waals surface area contributed by atoms with Gasteiger partial charge in [-0.2, -0.15) is 0 Å². The summed E-state index contributed by atoms with van der Waals surface area (Å²) in [6, 6.07) is 4.33. The van der Waals surface area contributed by atoms with Crippen molar-refractivity contribution in [2.24, 2.45) is 0 Å². The van der Waals surface area contributed by atoms with Crippen molar-refractivity contribution in [1.29, 1.82) is 0 Å². The summed E-state index contributed by atoms with van der Waals surface area (Å²) in [6.45, 7) is 0. The van der Waals surface area contributed by atoms with Crippen molar-refractivity contribution in [2.45, 2.75) is 15.1 Å². The number of hydrogen-bond donors (Lipinski definition) is 1. The van der Waals surface area contributed by atoms with E-state index in [-0.39, 0.29) is 0 Å². The third-order valence-corrected chi connectivity index (χ3v) is 5.04. The van der Waals surface area contributed by atoms with E-state index in [0.29, 0.717) is 0 Å². The van der Waals surface area contributed by atoms with Crippen molar-refractivity contribution in [1.82, 2.24) is 0 Å². The minimum atomic E-state index is 0.895. The number of thiophene rings is 1. The van der Waals surface area contributed by atoms with Gasteiger partial charge in [-0.05, 0) is 29.3 Å². The molecule has 4 heteroatoms. The topological polar surface area (TPSA) is 0 Å². The van der Waals surface area contributed by atoms with Gasteiger partial charge >= 0.3 is 0 Å². The Morgan fingerprint density at radius 1 is 1.57 bits per heavy atom. The molecule has 1 aromatic carbocycles. The van der Waals surface area contributed by atoms with Crippen LogP contribution in [0.3, 0.4) is 0 Å². The molecule has 0 N–H and O–H groups in total. The zero-order chi connectivity index (χ0) is 10.1. The molecule has 0 aliphatic carbocycles. The van der Waals surface area contributed by atoms with Crippen LogP contribution in [0.25, 0.3) is 10.1 Å². The Kier molecular flexibility index (Phi) is 3.47. The quantitative estimate of drug-likeness (QED) is 0.472. The van der Waals surface area contributed by atoms with E-state index in [0.717, 1.165) is 10.2 Å². The maximum atomic E-state index is 4.52. The predicted molar refractivity (Wildman–Crippen MR) is 73.5 cm³/mol. The van der Waals surface area contributed by atoms with Crippen LogP contribution >= 0.6 is 51.7 Å². The third kappa shape index (κ3) is 1.73. The molecule has 1 aromatic heterocycles. The molecule has 0 atom stereocenters. The number of thiol groups is 1. The van der Waals surface area contributed by atoms with E-state index in [9.17, 15) is 0 Å². The van der Waals surface area contributed by atoms with E-state index >= 15 is 0 Å². The lowest BCUT2D eigenvalue weighted by atomic mass is 10.2. The molecule has 0 unspecified atom stereocenters. The highest BCUT2D eigenvalue weighted by Gasteiger charge is 2.09. The van der Waals surface area contributed by atoms with Crippen molar-refractivity contribution in [3.63, 3.8) is 0 Å². The molecule has 0 bridgehead atoms. The Bertz CT molecular complexity index is 462. The Hall–Kier alpha value is 0.360. The highest BCUT2D eigenvalue weighted by molar-refractivity contribution is 9.08. The molecule has 0 fully saturated rings. The van der Waals surface area contributed by atoms with Gasteiger partial charge in [-0.25, -0.2) is 0 Å². The van der Waals surface area contributed by atoms with Gasteiger partial charge in [0.2, 0.25) is 0 Å². The minimum absolute atomic E-state index is 0.895. The molecule has 0 radical (unpaired) electrons. The first-order chi connectivity index (χ1) is 6.77. The first-order valence-electron chi connectivity index (χ1n) is 4.10. The molecule has 14 heavy (non-hydrogen) atoms. The summed E-state index contributed by atoms with van der Waals surface area (Å²) in [6.07, 6.45) is 2.10. The fraction of sp³-hybridized carbons (Fsp3) is 0.200. The van der Waals surface area contributed by atoms with E-state index in [1.54, 1.807) is 23.1 Å². The van der Waals surface area contributed by atoms with Crippen LogP contribution < -0.4 is 0 Å². The van der Waals surface area contributed by atoms with E-state index in [4.69, 9.17) is 0 Å². The Balaban J connectivity index is 2.81. The second kappa shape index (κ2) is 4.47. The van der Waals surface area contributed by atoms with Crippen LogP contribution in [-0.4, -0.2) is 6.26 Å². The van der Waals surface area contributed by atoms with Gasteiger partial charge in [0.1, 0.15) is 0 Å². The predicted octanol–water partition coefficient (Wildman–Crippen LogP) is 4.81. The SMILES string of the molecule is CSc1c(S)cc(CBr)c2sccc12. The maximum absolute atomic E-state index is 4.52. The van der Waals surface area contributed by atoms with Crippen LogP contribution in [-0.2, 0) is 5.33 Å². The van der Waals surface area contributed by atoms with E-state index < -0.39 is 0 Å². The molecular weight excluding hydrogens is 296 g/mol. The van der Waals surface area contributed by atoms with Crippen molar-refractivity contribution in [2.75, 3.05) is 6.26 Å². The second-order valence-corrected chi connectivity index (χ2v) is 5.66. The maximum Gasteiger partial charge on any atom is 0.0395 e. The number of rotatable bonds is 2. The molecule has 0 spiro atoms. The van der Waals surface area contributed by atoms with Crippen molar-refractivity contribution in [3.05, 3.63) is 23.1 Å². The third-order valence-electron chi connectivity index (χ3n) is 2.09. The van der Waals surface area contributed by atoms with Gasteiger partial charge in [0.25, 0.3) is 0 Å². The Morgan fingerprint density at radius 3 is 3.00 bits per heavy atom. The van der Waals surface area contributed by atoms with Crippen LogP contribution in [0.5, 0.6) is 0 Å². The van der Waals surface area contributed by atoms with Crippen LogP contribution in [0.1, 0.15) is 5.56 Å². The summed E-state index contributed by atoms with van der Waals surface area (Å²) in [5, 5.41) is 4.38. The highest BCUT2D eigenvalue weighted by atomic mass is 79.9. The number of fused-ring (bicyclic) bond motifs is 1. The zero-order valence-electron chi connectivity index (χ0n) is 7.58. The van der Waals surface area contributed by atoms with Gasteiger partial charge in [0, 0.05) is 25.2 Å². The average molecular weight is 305 g/mol. The zero-order valence-corrected chi connectivity index (χ0v) is 11.7. The standard InChI is InChI=1S/C10H9BrS3/c1-13-10-7-2-3-14-9(7)6(5-11)4-8(10)12/h2-4,12H,5H2,1H3. The molecule has 74 valence electrons. The molecule has 0 saturated heterocycles. The van der Waals surface area contributed by atoms with Gasteiger partial charge in [-0.1, -0.05) is 15.9 Å². The molecule has 0 aliphatic heterocycles. The van der Waals surface area contributed by atoms with Crippen LogP contribution in [0.15, 0.2) is 27.3 Å². The molecule has 0 amide bonds.